The first-order chi connectivity index (χ1) is 7.77. The standard InChI is InChI=1S/C14H24N2/c1-2-3-9-13(11-15)14(16)10-12-7-5-4-6-8-12/h4-8,13-14H,2-3,9-11,15-16H2,1H3. The number of hydrogen-bond donors (Lipinski definition) is 2. The molecular weight excluding hydrogens is 196 g/mol. The van der Waals surface area contributed by atoms with Gasteiger partial charge in [0.1, 0.15) is 0 Å². The van der Waals surface area contributed by atoms with Crippen molar-refractivity contribution in [1.29, 1.82) is 0 Å². The first-order valence-corrected chi connectivity index (χ1v) is 6.27. The van der Waals surface area contributed by atoms with Crippen LogP contribution >= 0.6 is 0 Å². The molecule has 0 fully saturated rings. The lowest BCUT2D eigenvalue weighted by atomic mass is 9.90. The van der Waals surface area contributed by atoms with Crippen LogP contribution in [0.15, 0.2) is 30.3 Å². The van der Waals surface area contributed by atoms with Crippen LogP contribution < -0.4 is 11.5 Å². The van der Waals surface area contributed by atoms with Crippen LogP contribution in [0.3, 0.4) is 0 Å². The topological polar surface area (TPSA) is 52.0 Å². The molecule has 0 heterocycles. The van der Waals surface area contributed by atoms with Gasteiger partial charge in [-0.1, -0.05) is 50.1 Å². The predicted molar refractivity (Wildman–Crippen MR) is 70.2 cm³/mol. The summed E-state index contributed by atoms with van der Waals surface area (Å²) in [6, 6.07) is 10.6. The average Bonchev–Trinajstić information content (AvgIpc) is 2.31. The van der Waals surface area contributed by atoms with Crippen molar-refractivity contribution in [2.24, 2.45) is 17.4 Å². The van der Waals surface area contributed by atoms with Crippen molar-refractivity contribution >= 4 is 0 Å². The van der Waals surface area contributed by atoms with E-state index in [2.05, 4.69) is 31.2 Å². The molecule has 0 saturated carbocycles. The Morgan fingerprint density at radius 2 is 1.88 bits per heavy atom. The van der Waals surface area contributed by atoms with E-state index < -0.39 is 0 Å². The molecule has 4 N–H and O–H groups in total. The zero-order valence-electron chi connectivity index (χ0n) is 10.2. The molecule has 2 unspecified atom stereocenters. The largest absolute Gasteiger partial charge is 0.330 e. The summed E-state index contributed by atoms with van der Waals surface area (Å²) in [4.78, 5) is 0. The molecule has 0 aliphatic heterocycles. The van der Waals surface area contributed by atoms with E-state index in [-0.39, 0.29) is 6.04 Å². The highest BCUT2D eigenvalue weighted by Crippen LogP contribution is 2.14. The molecule has 2 nitrogen and oxygen atoms in total. The van der Waals surface area contributed by atoms with E-state index in [4.69, 9.17) is 11.5 Å². The zero-order valence-corrected chi connectivity index (χ0v) is 10.2. The maximum atomic E-state index is 6.22. The Labute approximate surface area is 99.0 Å². The molecule has 0 bridgehead atoms. The fraction of sp³-hybridized carbons (Fsp3) is 0.571. The summed E-state index contributed by atoms with van der Waals surface area (Å²) < 4.78 is 0. The lowest BCUT2D eigenvalue weighted by Gasteiger charge is -2.22. The normalized spacial score (nSPS) is 14.7. The highest BCUT2D eigenvalue weighted by Gasteiger charge is 2.15. The number of hydrogen-bond acceptors (Lipinski definition) is 2. The third-order valence-electron chi connectivity index (χ3n) is 3.15. The van der Waals surface area contributed by atoms with Crippen molar-refractivity contribution in [3.63, 3.8) is 0 Å². The Morgan fingerprint density at radius 1 is 1.19 bits per heavy atom. The van der Waals surface area contributed by atoms with Crippen LogP contribution in [0.2, 0.25) is 0 Å². The lowest BCUT2D eigenvalue weighted by molar-refractivity contribution is 0.388. The van der Waals surface area contributed by atoms with E-state index in [1.54, 1.807) is 0 Å². The van der Waals surface area contributed by atoms with Crippen molar-refractivity contribution in [3.8, 4) is 0 Å². The Hall–Kier alpha value is -0.860. The summed E-state index contributed by atoms with van der Waals surface area (Å²) in [5.41, 5.74) is 13.3. The number of nitrogens with two attached hydrogens (primary N) is 2. The number of unbranched alkanes of at least 4 members (excludes halogenated alkanes) is 1. The molecule has 16 heavy (non-hydrogen) atoms. The molecule has 0 amide bonds. The first kappa shape index (κ1) is 13.2. The molecule has 0 aliphatic carbocycles. The third-order valence-corrected chi connectivity index (χ3v) is 3.15. The van der Waals surface area contributed by atoms with Crippen LogP contribution in [0.25, 0.3) is 0 Å². The van der Waals surface area contributed by atoms with E-state index in [1.165, 1.54) is 18.4 Å². The average molecular weight is 220 g/mol. The van der Waals surface area contributed by atoms with Gasteiger partial charge >= 0.3 is 0 Å². The van der Waals surface area contributed by atoms with Gasteiger partial charge in [0.25, 0.3) is 0 Å². The van der Waals surface area contributed by atoms with Crippen molar-refractivity contribution in [3.05, 3.63) is 35.9 Å². The minimum absolute atomic E-state index is 0.193. The van der Waals surface area contributed by atoms with Crippen LogP contribution in [-0.2, 0) is 6.42 Å². The maximum absolute atomic E-state index is 6.22. The van der Waals surface area contributed by atoms with Crippen LogP contribution in [-0.4, -0.2) is 12.6 Å². The highest BCUT2D eigenvalue weighted by atomic mass is 14.7. The van der Waals surface area contributed by atoms with Crippen LogP contribution in [0.5, 0.6) is 0 Å². The first-order valence-electron chi connectivity index (χ1n) is 6.27. The quantitative estimate of drug-likeness (QED) is 0.741. The van der Waals surface area contributed by atoms with Crippen molar-refractivity contribution < 1.29 is 0 Å². The maximum Gasteiger partial charge on any atom is 0.0120 e. The monoisotopic (exact) mass is 220 g/mol. The minimum atomic E-state index is 0.193. The fourth-order valence-electron chi connectivity index (χ4n) is 2.03. The Balaban J connectivity index is 2.46. The van der Waals surface area contributed by atoms with Crippen molar-refractivity contribution in [2.45, 2.75) is 38.6 Å². The predicted octanol–water partition coefficient (Wildman–Crippen LogP) is 2.32. The second-order valence-corrected chi connectivity index (χ2v) is 4.49. The Morgan fingerprint density at radius 3 is 2.44 bits per heavy atom. The molecular formula is C14H24N2. The van der Waals surface area contributed by atoms with E-state index in [0.717, 1.165) is 12.8 Å². The van der Waals surface area contributed by atoms with Gasteiger partial charge in [-0.2, -0.15) is 0 Å². The smallest absolute Gasteiger partial charge is 0.0120 e. The zero-order chi connectivity index (χ0) is 11.8. The summed E-state index contributed by atoms with van der Waals surface area (Å²) in [6.07, 6.45) is 4.53. The van der Waals surface area contributed by atoms with Gasteiger partial charge in [0, 0.05) is 6.04 Å². The van der Waals surface area contributed by atoms with Gasteiger partial charge in [-0.25, -0.2) is 0 Å². The number of rotatable bonds is 7. The van der Waals surface area contributed by atoms with E-state index in [9.17, 15) is 0 Å². The van der Waals surface area contributed by atoms with E-state index in [1.807, 2.05) is 6.07 Å². The summed E-state index contributed by atoms with van der Waals surface area (Å²) in [5, 5.41) is 0. The molecule has 0 radical (unpaired) electrons. The summed E-state index contributed by atoms with van der Waals surface area (Å²) in [6.45, 7) is 2.91. The molecule has 1 aromatic carbocycles. The summed E-state index contributed by atoms with van der Waals surface area (Å²) in [7, 11) is 0. The van der Waals surface area contributed by atoms with Crippen LogP contribution in [0.4, 0.5) is 0 Å². The van der Waals surface area contributed by atoms with Crippen LogP contribution in [0.1, 0.15) is 31.7 Å². The van der Waals surface area contributed by atoms with Gasteiger partial charge in [-0.3, -0.25) is 0 Å². The SMILES string of the molecule is CCCCC(CN)C(N)Cc1ccccc1. The molecule has 1 aromatic rings. The Bertz CT molecular complexity index is 271. The third kappa shape index (κ3) is 4.33. The highest BCUT2D eigenvalue weighted by molar-refractivity contribution is 5.16. The molecule has 90 valence electrons. The van der Waals surface area contributed by atoms with Crippen molar-refractivity contribution in [2.75, 3.05) is 6.54 Å². The second kappa shape index (κ2) is 7.42. The van der Waals surface area contributed by atoms with Gasteiger partial charge in [0.2, 0.25) is 0 Å². The van der Waals surface area contributed by atoms with Crippen LogP contribution in [0, 0.1) is 5.92 Å². The molecule has 0 saturated heterocycles. The van der Waals surface area contributed by atoms with E-state index >= 15 is 0 Å². The Kier molecular flexibility index (Phi) is 6.12. The lowest BCUT2D eigenvalue weighted by Crippen LogP contribution is -2.36. The van der Waals surface area contributed by atoms with Gasteiger partial charge in [-0.05, 0) is 30.9 Å². The molecule has 0 spiro atoms. The molecule has 1 rings (SSSR count). The summed E-state index contributed by atoms with van der Waals surface area (Å²) in [5.74, 6) is 0.458. The number of benzene rings is 1. The van der Waals surface area contributed by atoms with Gasteiger partial charge < -0.3 is 11.5 Å². The second-order valence-electron chi connectivity index (χ2n) is 4.49. The van der Waals surface area contributed by atoms with Gasteiger partial charge in [0.15, 0.2) is 0 Å². The van der Waals surface area contributed by atoms with Crippen molar-refractivity contribution in [1.82, 2.24) is 0 Å². The molecule has 0 aromatic heterocycles. The minimum Gasteiger partial charge on any atom is -0.330 e. The molecule has 2 heteroatoms. The summed E-state index contributed by atoms with van der Waals surface area (Å²) >= 11 is 0. The molecule has 0 aliphatic rings. The molecule has 2 atom stereocenters. The van der Waals surface area contributed by atoms with Gasteiger partial charge in [0.05, 0.1) is 0 Å². The van der Waals surface area contributed by atoms with Gasteiger partial charge in [-0.15, -0.1) is 0 Å². The van der Waals surface area contributed by atoms with E-state index in [0.29, 0.717) is 12.5 Å². The fourth-order valence-corrected chi connectivity index (χ4v) is 2.03.